The first-order valence-corrected chi connectivity index (χ1v) is 9.95. The Bertz CT molecular complexity index is 610. The molecular formula is C19H34IN5O3. The zero-order chi connectivity index (χ0) is 19.6. The van der Waals surface area contributed by atoms with Crippen molar-refractivity contribution in [3.8, 4) is 0 Å². The zero-order valence-electron chi connectivity index (χ0n) is 17.4. The van der Waals surface area contributed by atoms with Gasteiger partial charge < -0.3 is 24.8 Å². The minimum Gasteiger partial charge on any atom is -0.450 e. The summed E-state index contributed by atoms with van der Waals surface area (Å²) >= 11 is 0. The van der Waals surface area contributed by atoms with Crippen molar-refractivity contribution < 1.29 is 14.1 Å². The van der Waals surface area contributed by atoms with Crippen LogP contribution < -0.4 is 10.6 Å². The summed E-state index contributed by atoms with van der Waals surface area (Å²) in [7, 11) is 1.75. The Morgan fingerprint density at radius 3 is 2.61 bits per heavy atom. The van der Waals surface area contributed by atoms with Gasteiger partial charge in [0.2, 0.25) is 0 Å². The predicted molar refractivity (Wildman–Crippen MR) is 120 cm³/mol. The molecule has 1 aliphatic rings. The number of guanidine groups is 1. The molecule has 160 valence electrons. The number of carbonyl (C=O) groups excluding carboxylic acids is 1. The Labute approximate surface area is 184 Å². The standard InChI is InChI=1S/C19H33N5O3.HI/c1-5-14(6-2)17-12-16(27-23-17)13-21-18(20-4)22-15-8-10-24(11-9-15)19(25)26-7-3;/h12,14-15H,5-11,13H2,1-4H3,(H2,20,21,22);1H. The number of likely N-dealkylation sites (tertiary alicyclic amines) is 1. The highest BCUT2D eigenvalue weighted by atomic mass is 127. The Balaban J connectivity index is 0.00000392. The Morgan fingerprint density at radius 2 is 2.04 bits per heavy atom. The van der Waals surface area contributed by atoms with Crippen molar-refractivity contribution >= 4 is 36.0 Å². The predicted octanol–water partition coefficient (Wildman–Crippen LogP) is 3.48. The van der Waals surface area contributed by atoms with Gasteiger partial charge in [0.25, 0.3) is 0 Å². The molecule has 1 fully saturated rings. The highest BCUT2D eigenvalue weighted by molar-refractivity contribution is 14.0. The van der Waals surface area contributed by atoms with Crippen molar-refractivity contribution in [2.75, 3.05) is 26.7 Å². The van der Waals surface area contributed by atoms with Crippen molar-refractivity contribution in [1.29, 1.82) is 0 Å². The summed E-state index contributed by atoms with van der Waals surface area (Å²) in [4.78, 5) is 17.8. The number of hydrogen-bond acceptors (Lipinski definition) is 5. The number of nitrogens with one attached hydrogen (secondary N) is 2. The van der Waals surface area contributed by atoms with Crippen LogP contribution in [-0.2, 0) is 11.3 Å². The molecular weight excluding hydrogens is 473 g/mol. The molecule has 0 bridgehead atoms. The van der Waals surface area contributed by atoms with E-state index >= 15 is 0 Å². The van der Waals surface area contributed by atoms with Crippen molar-refractivity contribution in [2.45, 2.75) is 65.0 Å². The summed E-state index contributed by atoms with van der Waals surface area (Å²) in [5.74, 6) is 1.98. The molecule has 0 aromatic carbocycles. The van der Waals surface area contributed by atoms with Crippen molar-refractivity contribution in [1.82, 2.24) is 20.7 Å². The summed E-state index contributed by atoms with van der Waals surface area (Å²) in [6.07, 6.45) is 3.62. The summed E-state index contributed by atoms with van der Waals surface area (Å²) < 4.78 is 10.5. The highest BCUT2D eigenvalue weighted by Gasteiger charge is 2.24. The van der Waals surface area contributed by atoms with Crippen LogP contribution in [0.2, 0.25) is 0 Å². The van der Waals surface area contributed by atoms with Crippen LogP contribution in [0.15, 0.2) is 15.6 Å². The van der Waals surface area contributed by atoms with Gasteiger partial charge in [-0.05, 0) is 32.6 Å². The average molecular weight is 507 g/mol. The molecule has 0 unspecified atom stereocenters. The molecule has 1 aromatic rings. The molecule has 2 rings (SSSR count). The lowest BCUT2D eigenvalue weighted by molar-refractivity contribution is 0.0963. The van der Waals surface area contributed by atoms with Gasteiger partial charge in [-0.1, -0.05) is 19.0 Å². The Morgan fingerprint density at radius 1 is 1.36 bits per heavy atom. The van der Waals surface area contributed by atoms with Crippen LogP contribution in [0.3, 0.4) is 0 Å². The second-order valence-electron chi connectivity index (χ2n) is 6.76. The number of nitrogens with zero attached hydrogens (tertiary/aromatic N) is 3. The van der Waals surface area contributed by atoms with Crippen molar-refractivity contribution in [3.63, 3.8) is 0 Å². The van der Waals surface area contributed by atoms with Gasteiger partial charge in [0.05, 0.1) is 18.8 Å². The van der Waals surface area contributed by atoms with E-state index < -0.39 is 0 Å². The fourth-order valence-corrected chi connectivity index (χ4v) is 3.29. The summed E-state index contributed by atoms with van der Waals surface area (Å²) in [6, 6.07) is 2.30. The van der Waals surface area contributed by atoms with Gasteiger partial charge in [0.15, 0.2) is 11.7 Å². The number of carbonyl (C=O) groups is 1. The van der Waals surface area contributed by atoms with Crippen LogP contribution in [0.4, 0.5) is 4.79 Å². The van der Waals surface area contributed by atoms with Gasteiger partial charge in [-0.3, -0.25) is 4.99 Å². The lowest BCUT2D eigenvalue weighted by Gasteiger charge is -2.32. The lowest BCUT2D eigenvalue weighted by Crippen LogP contribution is -2.49. The van der Waals surface area contributed by atoms with Crippen LogP contribution in [-0.4, -0.2) is 54.9 Å². The van der Waals surface area contributed by atoms with Gasteiger partial charge in [0.1, 0.15) is 0 Å². The van der Waals surface area contributed by atoms with E-state index in [0.29, 0.717) is 32.2 Å². The van der Waals surface area contributed by atoms with E-state index in [1.54, 1.807) is 11.9 Å². The normalized spacial score (nSPS) is 15.3. The van der Waals surface area contributed by atoms with E-state index in [9.17, 15) is 4.79 Å². The summed E-state index contributed by atoms with van der Waals surface area (Å²) in [5, 5.41) is 10.9. The zero-order valence-corrected chi connectivity index (χ0v) is 19.7. The lowest BCUT2D eigenvalue weighted by atomic mass is 9.99. The number of hydrogen-bond donors (Lipinski definition) is 2. The smallest absolute Gasteiger partial charge is 0.409 e. The summed E-state index contributed by atoms with van der Waals surface area (Å²) in [5.41, 5.74) is 1.02. The van der Waals surface area contributed by atoms with Crippen LogP contribution in [0.5, 0.6) is 0 Å². The first-order valence-electron chi connectivity index (χ1n) is 9.95. The number of halogens is 1. The third-order valence-corrected chi connectivity index (χ3v) is 5.00. The minimum absolute atomic E-state index is 0. The Hall–Kier alpha value is -1.52. The number of aromatic nitrogens is 1. The van der Waals surface area contributed by atoms with Gasteiger partial charge in [0, 0.05) is 38.2 Å². The maximum atomic E-state index is 11.8. The van der Waals surface area contributed by atoms with Crippen LogP contribution in [0.25, 0.3) is 0 Å². The minimum atomic E-state index is -0.225. The first-order chi connectivity index (χ1) is 13.1. The third-order valence-electron chi connectivity index (χ3n) is 5.00. The second kappa shape index (κ2) is 12.8. The van der Waals surface area contributed by atoms with Crippen LogP contribution >= 0.6 is 24.0 Å². The van der Waals surface area contributed by atoms with Crippen LogP contribution in [0.1, 0.15) is 63.8 Å². The number of ether oxygens (including phenoxy) is 1. The van der Waals surface area contributed by atoms with Gasteiger partial charge in [-0.2, -0.15) is 0 Å². The fourth-order valence-electron chi connectivity index (χ4n) is 3.29. The molecule has 2 heterocycles. The molecule has 0 radical (unpaired) electrons. The molecule has 9 heteroatoms. The number of amides is 1. The largest absolute Gasteiger partial charge is 0.450 e. The van der Waals surface area contributed by atoms with E-state index in [4.69, 9.17) is 9.26 Å². The molecule has 1 aromatic heterocycles. The molecule has 0 aliphatic carbocycles. The Kier molecular flexibility index (Phi) is 11.2. The maximum absolute atomic E-state index is 11.8. The monoisotopic (exact) mass is 507 g/mol. The van der Waals surface area contributed by atoms with E-state index in [-0.39, 0.29) is 36.1 Å². The molecule has 1 aliphatic heterocycles. The number of rotatable bonds is 7. The van der Waals surface area contributed by atoms with Crippen LogP contribution in [0, 0.1) is 0 Å². The number of aliphatic imine (C=N–C) groups is 1. The molecule has 0 spiro atoms. The van der Waals surface area contributed by atoms with Crippen molar-refractivity contribution in [3.05, 3.63) is 17.5 Å². The van der Waals surface area contributed by atoms with E-state index in [0.717, 1.165) is 43.1 Å². The highest BCUT2D eigenvalue weighted by Crippen LogP contribution is 2.22. The quantitative estimate of drug-likeness (QED) is 0.334. The maximum Gasteiger partial charge on any atom is 0.409 e. The molecule has 2 N–H and O–H groups in total. The van der Waals surface area contributed by atoms with Gasteiger partial charge in [-0.25, -0.2) is 4.79 Å². The topological polar surface area (TPSA) is 92.0 Å². The molecule has 1 saturated heterocycles. The molecule has 8 nitrogen and oxygen atoms in total. The first kappa shape index (κ1) is 24.5. The number of piperidine rings is 1. The fraction of sp³-hybridized carbons (Fsp3) is 0.737. The molecule has 28 heavy (non-hydrogen) atoms. The van der Waals surface area contributed by atoms with E-state index in [1.807, 2.05) is 13.0 Å². The summed E-state index contributed by atoms with van der Waals surface area (Å²) in [6.45, 7) is 8.48. The second-order valence-corrected chi connectivity index (χ2v) is 6.76. The van der Waals surface area contributed by atoms with Gasteiger partial charge in [-0.15, -0.1) is 24.0 Å². The van der Waals surface area contributed by atoms with E-state index in [1.165, 1.54) is 0 Å². The average Bonchev–Trinajstić information content (AvgIpc) is 3.15. The van der Waals surface area contributed by atoms with Gasteiger partial charge >= 0.3 is 6.09 Å². The van der Waals surface area contributed by atoms with E-state index in [2.05, 4.69) is 34.6 Å². The SMILES string of the molecule is CCOC(=O)N1CCC(NC(=NC)NCc2cc(C(CC)CC)no2)CC1.I. The molecule has 0 saturated carbocycles. The molecule has 0 atom stereocenters. The third kappa shape index (κ3) is 7.14. The molecule has 1 amide bonds. The van der Waals surface area contributed by atoms with Crippen molar-refractivity contribution in [2.24, 2.45) is 4.99 Å².